The first kappa shape index (κ1) is 14.5. The van der Waals surface area contributed by atoms with Crippen molar-refractivity contribution < 1.29 is 0 Å². The van der Waals surface area contributed by atoms with Crippen LogP contribution in [0.4, 0.5) is 5.13 Å². The Morgan fingerprint density at radius 1 is 1.05 bits per heavy atom. The minimum atomic E-state index is 0.791. The van der Waals surface area contributed by atoms with Crippen LogP contribution in [0.1, 0.15) is 16.7 Å². The Balaban J connectivity index is 1.69. The third-order valence-corrected chi connectivity index (χ3v) is 3.94. The summed E-state index contributed by atoms with van der Waals surface area (Å²) in [5.41, 5.74) is 8.65. The molecule has 0 amide bonds. The maximum Gasteiger partial charge on any atom is 0.203 e. The number of hydrazone groups is 1. The smallest absolute Gasteiger partial charge is 0.203 e. The maximum atomic E-state index is 4.54. The van der Waals surface area contributed by atoms with E-state index in [1.165, 1.54) is 11.1 Å². The molecule has 0 saturated carbocycles. The Hall–Kier alpha value is -2.46. The highest BCUT2D eigenvalue weighted by molar-refractivity contribution is 7.14. The number of nitrogens with one attached hydrogen (secondary N) is 1. The molecular formula is C18H17N3S. The molecule has 0 aliphatic carbocycles. The molecule has 0 spiro atoms. The van der Waals surface area contributed by atoms with Gasteiger partial charge < -0.3 is 0 Å². The van der Waals surface area contributed by atoms with Crippen molar-refractivity contribution in [3.63, 3.8) is 0 Å². The molecule has 0 bridgehead atoms. The highest BCUT2D eigenvalue weighted by Crippen LogP contribution is 2.24. The normalized spacial score (nSPS) is 11.0. The molecule has 0 saturated heterocycles. The van der Waals surface area contributed by atoms with Gasteiger partial charge in [0.1, 0.15) is 0 Å². The minimum Gasteiger partial charge on any atom is -0.253 e. The monoisotopic (exact) mass is 307 g/mol. The molecule has 0 aliphatic heterocycles. The molecule has 1 heterocycles. The van der Waals surface area contributed by atoms with Gasteiger partial charge in [-0.05, 0) is 19.4 Å². The molecule has 0 atom stereocenters. The number of hydrogen-bond acceptors (Lipinski definition) is 4. The molecule has 1 N–H and O–H groups in total. The zero-order valence-electron chi connectivity index (χ0n) is 12.6. The van der Waals surface area contributed by atoms with Gasteiger partial charge in [-0.1, -0.05) is 59.7 Å². The maximum absolute atomic E-state index is 4.54. The van der Waals surface area contributed by atoms with Gasteiger partial charge in [0.25, 0.3) is 0 Å². The zero-order chi connectivity index (χ0) is 15.4. The van der Waals surface area contributed by atoms with Crippen molar-refractivity contribution >= 4 is 22.7 Å². The van der Waals surface area contributed by atoms with Gasteiger partial charge in [-0.25, -0.2) is 4.98 Å². The summed E-state index contributed by atoms with van der Waals surface area (Å²) in [4.78, 5) is 4.54. The number of aromatic nitrogens is 1. The average molecular weight is 307 g/mol. The SMILES string of the molecule is Cc1cc(C)cc(C=NNc2nc(-c3ccccc3)cs2)c1. The lowest BCUT2D eigenvalue weighted by atomic mass is 10.1. The standard InChI is InChI=1S/C18H17N3S/c1-13-8-14(2)10-15(9-13)11-19-21-18-20-17(12-22-18)16-6-4-3-5-7-16/h3-12H,1-2H3,(H,20,21). The Labute approximate surface area is 134 Å². The van der Waals surface area contributed by atoms with Crippen LogP contribution >= 0.6 is 11.3 Å². The number of benzene rings is 2. The molecule has 0 radical (unpaired) electrons. The summed E-state index contributed by atoms with van der Waals surface area (Å²) in [7, 11) is 0. The molecule has 0 fully saturated rings. The fourth-order valence-electron chi connectivity index (χ4n) is 2.31. The lowest BCUT2D eigenvalue weighted by Crippen LogP contribution is -1.91. The second-order valence-corrected chi connectivity index (χ2v) is 6.05. The summed E-state index contributed by atoms with van der Waals surface area (Å²) in [6, 6.07) is 16.5. The van der Waals surface area contributed by atoms with Crippen LogP contribution in [-0.4, -0.2) is 11.2 Å². The molecule has 2 aromatic carbocycles. The van der Waals surface area contributed by atoms with E-state index in [4.69, 9.17) is 0 Å². The average Bonchev–Trinajstić information content (AvgIpc) is 2.96. The Bertz CT molecular complexity index is 771. The van der Waals surface area contributed by atoms with E-state index in [1.807, 2.05) is 29.8 Å². The van der Waals surface area contributed by atoms with Crippen LogP contribution in [0, 0.1) is 13.8 Å². The molecule has 0 aliphatic rings. The number of thiazole rings is 1. The van der Waals surface area contributed by atoms with Crippen molar-refractivity contribution in [2.45, 2.75) is 13.8 Å². The van der Waals surface area contributed by atoms with Gasteiger partial charge in [0.2, 0.25) is 5.13 Å². The number of nitrogens with zero attached hydrogens (tertiary/aromatic N) is 2. The van der Waals surface area contributed by atoms with E-state index in [-0.39, 0.29) is 0 Å². The van der Waals surface area contributed by atoms with E-state index in [2.05, 4.69) is 59.7 Å². The first-order valence-corrected chi connectivity index (χ1v) is 7.97. The number of rotatable bonds is 4. The molecule has 22 heavy (non-hydrogen) atoms. The lowest BCUT2D eigenvalue weighted by Gasteiger charge is -1.99. The third kappa shape index (κ3) is 3.59. The largest absolute Gasteiger partial charge is 0.253 e. The first-order chi connectivity index (χ1) is 10.7. The Kier molecular flexibility index (Phi) is 4.30. The van der Waals surface area contributed by atoms with Gasteiger partial charge in [0.15, 0.2) is 0 Å². The summed E-state index contributed by atoms with van der Waals surface area (Å²) in [6.45, 7) is 4.18. The van der Waals surface area contributed by atoms with Gasteiger partial charge in [-0.2, -0.15) is 5.10 Å². The summed E-state index contributed by atoms with van der Waals surface area (Å²) in [5, 5.41) is 7.10. The van der Waals surface area contributed by atoms with Gasteiger partial charge in [-0.15, -0.1) is 11.3 Å². The summed E-state index contributed by atoms with van der Waals surface area (Å²) in [5.74, 6) is 0. The fourth-order valence-corrected chi connectivity index (χ4v) is 2.98. The molecule has 3 rings (SSSR count). The fraction of sp³-hybridized carbons (Fsp3) is 0.111. The van der Waals surface area contributed by atoms with Gasteiger partial charge in [-0.3, -0.25) is 5.43 Å². The summed E-state index contributed by atoms with van der Waals surface area (Å²) < 4.78 is 0. The van der Waals surface area contributed by atoms with Crippen molar-refractivity contribution in [2.75, 3.05) is 5.43 Å². The molecule has 110 valence electrons. The van der Waals surface area contributed by atoms with Crippen molar-refractivity contribution in [1.29, 1.82) is 0 Å². The van der Waals surface area contributed by atoms with Crippen molar-refractivity contribution in [2.24, 2.45) is 5.10 Å². The van der Waals surface area contributed by atoms with E-state index in [0.717, 1.165) is 22.0 Å². The first-order valence-electron chi connectivity index (χ1n) is 7.09. The van der Waals surface area contributed by atoms with Gasteiger partial charge in [0, 0.05) is 10.9 Å². The van der Waals surface area contributed by atoms with Crippen LogP contribution in [0.15, 0.2) is 59.0 Å². The van der Waals surface area contributed by atoms with E-state index < -0.39 is 0 Å². The molecular weight excluding hydrogens is 290 g/mol. The van der Waals surface area contributed by atoms with E-state index in [0.29, 0.717) is 0 Å². The van der Waals surface area contributed by atoms with Crippen LogP contribution in [0.5, 0.6) is 0 Å². The number of anilines is 1. The highest BCUT2D eigenvalue weighted by atomic mass is 32.1. The minimum absolute atomic E-state index is 0.791. The quantitative estimate of drug-likeness (QED) is 0.551. The Morgan fingerprint density at radius 2 is 1.77 bits per heavy atom. The predicted molar refractivity (Wildman–Crippen MR) is 94.7 cm³/mol. The summed E-state index contributed by atoms with van der Waals surface area (Å²) >= 11 is 1.55. The van der Waals surface area contributed by atoms with E-state index >= 15 is 0 Å². The van der Waals surface area contributed by atoms with Gasteiger partial charge in [0.05, 0.1) is 11.9 Å². The van der Waals surface area contributed by atoms with E-state index in [1.54, 1.807) is 11.3 Å². The molecule has 4 heteroatoms. The zero-order valence-corrected chi connectivity index (χ0v) is 13.4. The highest BCUT2D eigenvalue weighted by Gasteiger charge is 2.02. The number of hydrogen-bond donors (Lipinski definition) is 1. The van der Waals surface area contributed by atoms with Crippen molar-refractivity contribution in [1.82, 2.24) is 4.98 Å². The molecule has 1 aromatic heterocycles. The predicted octanol–water partition coefficient (Wildman–Crippen LogP) is 4.87. The molecule has 0 unspecified atom stereocenters. The van der Waals surface area contributed by atoms with E-state index in [9.17, 15) is 0 Å². The van der Waals surface area contributed by atoms with Crippen LogP contribution < -0.4 is 5.43 Å². The van der Waals surface area contributed by atoms with Crippen molar-refractivity contribution in [3.05, 3.63) is 70.6 Å². The molecule has 3 aromatic rings. The van der Waals surface area contributed by atoms with Crippen LogP contribution in [-0.2, 0) is 0 Å². The second-order valence-electron chi connectivity index (χ2n) is 5.19. The summed E-state index contributed by atoms with van der Waals surface area (Å²) in [6.07, 6.45) is 1.82. The van der Waals surface area contributed by atoms with Gasteiger partial charge >= 0.3 is 0 Å². The molecule has 3 nitrogen and oxygen atoms in total. The van der Waals surface area contributed by atoms with Crippen molar-refractivity contribution in [3.8, 4) is 11.3 Å². The van der Waals surface area contributed by atoms with Crippen LogP contribution in [0.25, 0.3) is 11.3 Å². The number of aryl methyl sites for hydroxylation is 2. The Morgan fingerprint density at radius 3 is 2.50 bits per heavy atom. The van der Waals surface area contributed by atoms with Crippen LogP contribution in [0.3, 0.4) is 0 Å². The lowest BCUT2D eigenvalue weighted by molar-refractivity contribution is 1.28. The third-order valence-electron chi connectivity index (χ3n) is 3.19. The second kappa shape index (κ2) is 6.54. The van der Waals surface area contributed by atoms with Crippen LogP contribution in [0.2, 0.25) is 0 Å². The topological polar surface area (TPSA) is 37.3 Å².